The summed E-state index contributed by atoms with van der Waals surface area (Å²) >= 11 is 3.51. The zero-order valence-electron chi connectivity index (χ0n) is 11.2. The number of hydrogen-bond acceptors (Lipinski definition) is 1. The third-order valence-electron chi connectivity index (χ3n) is 3.01. The van der Waals surface area contributed by atoms with Gasteiger partial charge in [-0.1, -0.05) is 54.4 Å². The van der Waals surface area contributed by atoms with Crippen molar-refractivity contribution in [3.05, 3.63) is 33.8 Å². The van der Waals surface area contributed by atoms with E-state index >= 15 is 0 Å². The number of hydrogen-bond donors (Lipinski definition) is 1. The molecule has 96 valence electrons. The summed E-state index contributed by atoms with van der Waals surface area (Å²) in [6.45, 7) is 8.73. The van der Waals surface area contributed by atoms with Gasteiger partial charge in [-0.2, -0.15) is 0 Å². The van der Waals surface area contributed by atoms with Crippen LogP contribution in [0, 0.1) is 18.8 Å². The van der Waals surface area contributed by atoms with E-state index in [4.69, 9.17) is 0 Å². The van der Waals surface area contributed by atoms with E-state index < -0.39 is 0 Å². The van der Waals surface area contributed by atoms with Crippen molar-refractivity contribution in [2.75, 3.05) is 0 Å². The maximum absolute atomic E-state index is 10.3. The van der Waals surface area contributed by atoms with E-state index in [0.717, 1.165) is 16.5 Å². The summed E-state index contributed by atoms with van der Waals surface area (Å²) in [6, 6.07) is 6.13. The van der Waals surface area contributed by atoms with Gasteiger partial charge in [0.05, 0.1) is 6.10 Å². The Morgan fingerprint density at radius 1 is 1.18 bits per heavy atom. The third-order valence-corrected chi connectivity index (χ3v) is 3.73. The lowest BCUT2D eigenvalue weighted by atomic mass is 9.91. The Morgan fingerprint density at radius 2 is 1.82 bits per heavy atom. The number of halogens is 1. The smallest absolute Gasteiger partial charge is 0.0803 e. The maximum Gasteiger partial charge on any atom is 0.0803 e. The molecule has 0 amide bonds. The van der Waals surface area contributed by atoms with Crippen LogP contribution in [0.4, 0.5) is 0 Å². The molecule has 0 saturated heterocycles. The van der Waals surface area contributed by atoms with E-state index in [1.165, 1.54) is 12.0 Å². The van der Waals surface area contributed by atoms with Gasteiger partial charge in [0.15, 0.2) is 0 Å². The highest BCUT2D eigenvalue weighted by molar-refractivity contribution is 9.10. The van der Waals surface area contributed by atoms with Crippen LogP contribution < -0.4 is 0 Å². The van der Waals surface area contributed by atoms with Crippen LogP contribution in [-0.4, -0.2) is 5.11 Å². The first-order chi connectivity index (χ1) is 7.90. The summed E-state index contributed by atoms with van der Waals surface area (Å²) in [5, 5.41) is 10.3. The minimum atomic E-state index is -0.363. The number of aliphatic hydroxyl groups excluding tert-OH is 1. The average Bonchev–Trinajstić information content (AvgIpc) is 2.20. The monoisotopic (exact) mass is 298 g/mol. The summed E-state index contributed by atoms with van der Waals surface area (Å²) < 4.78 is 1.01. The van der Waals surface area contributed by atoms with E-state index in [9.17, 15) is 5.11 Å². The van der Waals surface area contributed by atoms with Crippen LogP contribution in [0.3, 0.4) is 0 Å². The largest absolute Gasteiger partial charge is 0.388 e. The minimum absolute atomic E-state index is 0.363. The molecule has 0 saturated carbocycles. The number of aryl methyl sites for hydroxylation is 1. The highest BCUT2D eigenvalue weighted by atomic mass is 79.9. The van der Waals surface area contributed by atoms with Gasteiger partial charge >= 0.3 is 0 Å². The van der Waals surface area contributed by atoms with Gasteiger partial charge in [-0.05, 0) is 43.2 Å². The highest BCUT2D eigenvalue weighted by Gasteiger charge is 2.16. The Morgan fingerprint density at radius 3 is 2.41 bits per heavy atom. The Hall–Kier alpha value is -0.340. The average molecular weight is 299 g/mol. The predicted octanol–water partition coefficient (Wildman–Crippen LogP) is 4.86. The molecule has 0 fully saturated rings. The molecule has 1 nitrogen and oxygen atoms in total. The van der Waals surface area contributed by atoms with Gasteiger partial charge in [0.1, 0.15) is 0 Å². The summed E-state index contributed by atoms with van der Waals surface area (Å²) in [5.41, 5.74) is 2.21. The number of benzene rings is 1. The molecule has 0 aromatic heterocycles. The lowest BCUT2D eigenvalue weighted by Gasteiger charge is -2.19. The molecule has 0 spiro atoms. The SMILES string of the molecule is Cc1ccc(Br)c(C(O)CC(C)CC(C)C)c1. The van der Waals surface area contributed by atoms with Crippen molar-refractivity contribution in [1.82, 2.24) is 0 Å². The van der Waals surface area contributed by atoms with Crippen LogP contribution >= 0.6 is 15.9 Å². The van der Waals surface area contributed by atoms with E-state index in [0.29, 0.717) is 11.8 Å². The fraction of sp³-hybridized carbons (Fsp3) is 0.600. The fourth-order valence-electron chi connectivity index (χ4n) is 2.33. The molecule has 0 heterocycles. The van der Waals surface area contributed by atoms with Crippen molar-refractivity contribution in [3.63, 3.8) is 0 Å². The summed E-state index contributed by atoms with van der Waals surface area (Å²) in [5.74, 6) is 1.25. The van der Waals surface area contributed by atoms with Gasteiger partial charge in [-0.15, -0.1) is 0 Å². The first-order valence-electron chi connectivity index (χ1n) is 6.34. The summed E-state index contributed by atoms with van der Waals surface area (Å²) in [7, 11) is 0. The van der Waals surface area contributed by atoms with E-state index in [1.54, 1.807) is 0 Å². The molecule has 2 unspecified atom stereocenters. The van der Waals surface area contributed by atoms with Gasteiger partial charge in [0.2, 0.25) is 0 Å². The third kappa shape index (κ3) is 4.81. The zero-order valence-corrected chi connectivity index (χ0v) is 12.8. The van der Waals surface area contributed by atoms with Crippen molar-refractivity contribution in [3.8, 4) is 0 Å². The van der Waals surface area contributed by atoms with Gasteiger partial charge in [0.25, 0.3) is 0 Å². The van der Waals surface area contributed by atoms with Crippen LogP contribution in [0.1, 0.15) is 50.8 Å². The molecule has 0 radical (unpaired) electrons. The van der Waals surface area contributed by atoms with Gasteiger partial charge in [-0.3, -0.25) is 0 Å². The van der Waals surface area contributed by atoms with Gasteiger partial charge in [0, 0.05) is 4.47 Å². The van der Waals surface area contributed by atoms with Crippen LogP contribution in [0.5, 0.6) is 0 Å². The molecule has 0 aliphatic rings. The molecular weight excluding hydrogens is 276 g/mol. The summed E-state index contributed by atoms with van der Waals surface area (Å²) in [6.07, 6.45) is 1.64. The molecule has 1 aromatic rings. The summed E-state index contributed by atoms with van der Waals surface area (Å²) in [4.78, 5) is 0. The Kier molecular flexibility index (Phi) is 5.68. The molecule has 1 rings (SSSR count). The topological polar surface area (TPSA) is 20.2 Å². The normalized spacial score (nSPS) is 15.0. The lowest BCUT2D eigenvalue weighted by Crippen LogP contribution is -2.07. The standard InChI is InChI=1S/C15H23BrO/c1-10(2)7-12(4)9-15(17)13-8-11(3)5-6-14(13)16/h5-6,8,10,12,15,17H,7,9H2,1-4H3. The second-order valence-electron chi connectivity index (χ2n) is 5.51. The van der Waals surface area contributed by atoms with Crippen LogP contribution in [0.2, 0.25) is 0 Å². The Balaban J connectivity index is 2.69. The van der Waals surface area contributed by atoms with Crippen molar-refractivity contribution in [2.24, 2.45) is 11.8 Å². The zero-order chi connectivity index (χ0) is 13.0. The van der Waals surface area contributed by atoms with Crippen molar-refractivity contribution < 1.29 is 5.11 Å². The van der Waals surface area contributed by atoms with E-state index in [-0.39, 0.29) is 6.10 Å². The predicted molar refractivity (Wildman–Crippen MR) is 77.1 cm³/mol. The van der Waals surface area contributed by atoms with E-state index in [1.807, 2.05) is 6.07 Å². The molecule has 0 aliphatic carbocycles. The molecule has 17 heavy (non-hydrogen) atoms. The lowest BCUT2D eigenvalue weighted by molar-refractivity contribution is 0.141. The first-order valence-corrected chi connectivity index (χ1v) is 7.13. The van der Waals surface area contributed by atoms with Crippen molar-refractivity contribution >= 4 is 15.9 Å². The van der Waals surface area contributed by atoms with Crippen LogP contribution in [-0.2, 0) is 0 Å². The maximum atomic E-state index is 10.3. The van der Waals surface area contributed by atoms with E-state index in [2.05, 4.69) is 55.8 Å². The minimum Gasteiger partial charge on any atom is -0.388 e. The number of aliphatic hydroxyl groups is 1. The molecule has 0 bridgehead atoms. The second-order valence-corrected chi connectivity index (χ2v) is 6.37. The molecule has 2 atom stereocenters. The first kappa shape index (κ1) is 14.7. The Bertz CT molecular complexity index is 360. The highest BCUT2D eigenvalue weighted by Crippen LogP contribution is 2.30. The molecular formula is C15H23BrO. The van der Waals surface area contributed by atoms with Gasteiger partial charge in [-0.25, -0.2) is 0 Å². The van der Waals surface area contributed by atoms with Gasteiger partial charge < -0.3 is 5.11 Å². The molecule has 1 aromatic carbocycles. The van der Waals surface area contributed by atoms with Crippen LogP contribution in [0.15, 0.2) is 22.7 Å². The van der Waals surface area contributed by atoms with Crippen LogP contribution in [0.25, 0.3) is 0 Å². The second kappa shape index (κ2) is 6.55. The molecule has 1 N–H and O–H groups in total. The Labute approximate surface area is 113 Å². The van der Waals surface area contributed by atoms with Crippen molar-refractivity contribution in [1.29, 1.82) is 0 Å². The quantitative estimate of drug-likeness (QED) is 0.823. The molecule has 0 aliphatic heterocycles. The number of rotatable bonds is 5. The molecule has 2 heteroatoms. The van der Waals surface area contributed by atoms with Crippen molar-refractivity contribution in [2.45, 2.75) is 46.6 Å². The fourth-order valence-corrected chi connectivity index (χ4v) is 2.84.